The van der Waals surface area contributed by atoms with Crippen LogP contribution in [0.4, 0.5) is 0 Å². The number of rotatable bonds is 8. The molecule has 2 aromatic rings. The van der Waals surface area contributed by atoms with E-state index in [1.807, 2.05) is 37.3 Å². The van der Waals surface area contributed by atoms with Crippen LogP contribution in [0.2, 0.25) is 0 Å². The monoisotopic (exact) mass is 359 g/mol. The molecule has 1 N–H and O–H groups in total. The highest BCUT2D eigenvalue weighted by atomic mass is 16.5. The smallest absolute Gasteiger partial charge is 0.261 e. The third-order valence-corrected chi connectivity index (χ3v) is 3.99. The molecule has 140 valence electrons. The van der Waals surface area contributed by atoms with Gasteiger partial charge in [0.1, 0.15) is 11.5 Å². The van der Waals surface area contributed by atoms with Gasteiger partial charge in [0, 0.05) is 6.07 Å². The first-order valence-electron chi connectivity index (χ1n) is 8.31. The highest BCUT2D eigenvalue weighted by Crippen LogP contribution is 2.30. The van der Waals surface area contributed by atoms with E-state index in [2.05, 4.69) is 5.32 Å². The Kier molecular flexibility index (Phi) is 6.72. The molecule has 2 aromatic carbocycles. The summed E-state index contributed by atoms with van der Waals surface area (Å²) in [7, 11) is 4.75. The summed E-state index contributed by atoms with van der Waals surface area (Å²) < 4.78 is 21.4. The van der Waals surface area contributed by atoms with Gasteiger partial charge < -0.3 is 24.3 Å². The topological polar surface area (TPSA) is 66.0 Å². The first-order chi connectivity index (χ1) is 12.5. The van der Waals surface area contributed by atoms with Crippen molar-refractivity contribution in [1.29, 1.82) is 0 Å². The molecule has 2 atom stereocenters. The Morgan fingerprint density at radius 3 is 2.23 bits per heavy atom. The van der Waals surface area contributed by atoms with Gasteiger partial charge in [-0.15, -0.1) is 0 Å². The van der Waals surface area contributed by atoms with Crippen LogP contribution in [-0.2, 0) is 4.79 Å². The molecule has 0 fully saturated rings. The largest absolute Gasteiger partial charge is 0.497 e. The fourth-order valence-corrected chi connectivity index (χ4v) is 2.47. The summed E-state index contributed by atoms with van der Waals surface area (Å²) in [5.41, 5.74) is 0.907. The summed E-state index contributed by atoms with van der Waals surface area (Å²) in [6, 6.07) is 12.5. The number of amides is 1. The average molecular weight is 359 g/mol. The Hall–Kier alpha value is -2.89. The molecule has 0 saturated carbocycles. The molecule has 0 spiro atoms. The lowest BCUT2D eigenvalue weighted by Gasteiger charge is -2.20. The summed E-state index contributed by atoms with van der Waals surface area (Å²) in [5, 5.41) is 2.94. The number of methoxy groups -OCH3 is 3. The molecule has 0 radical (unpaired) electrons. The summed E-state index contributed by atoms with van der Waals surface area (Å²) >= 11 is 0. The van der Waals surface area contributed by atoms with Crippen LogP contribution >= 0.6 is 0 Å². The van der Waals surface area contributed by atoms with E-state index in [0.29, 0.717) is 23.0 Å². The van der Waals surface area contributed by atoms with Crippen molar-refractivity contribution in [2.45, 2.75) is 26.0 Å². The first-order valence-corrected chi connectivity index (χ1v) is 8.31. The van der Waals surface area contributed by atoms with Gasteiger partial charge in [-0.05, 0) is 43.7 Å². The predicted octanol–water partition coefficient (Wildman–Crippen LogP) is 3.36. The Labute approximate surface area is 154 Å². The molecule has 2 rings (SSSR count). The van der Waals surface area contributed by atoms with Crippen molar-refractivity contribution < 1.29 is 23.7 Å². The molecule has 0 aromatic heterocycles. The molecule has 0 bridgehead atoms. The van der Waals surface area contributed by atoms with Crippen LogP contribution in [-0.4, -0.2) is 33.3 Å². The number of nitrogens with one attached hydrogen (secondary N) is 1. The van der Waals surface area contributed by atoms with Gasteiger partial charge in [-0.3, -0.25) is 4.79 Å². The molecule has 0 heterocycles. The Balaban J connectivity index is 2.01. The number of ether oxygens (including phenoxy) is 4. The van der Waals surface area contributed by atoms with Crippen molar-refractivity contribution >= 4 is 5.91 Å². The van der Waals surface area contributed by atoms with Gasteiger partial charge in [0.05, 0.1) is 27.4 Å². The minimum absolute atomic E-state index is 0.210. The number of hydrogen-bond donors (Lipinski definition) is 1. The summed E-state index contributed by atoms with van der Waals surface area (Å²) in [6.07, 6.45) is -0.648. The summed E-state index contributed by atoms with van der Waals surface area (Å²) in [4.78, 5) is 12.4. The van der Waals surface area contributed by atoms with Gasteiger partial charge in [-0.2, -0.15) is 0 Å². The maximum absolute atomic E-state index is 12.4. The zero-order chi connectivity index (χ0) is 19.1. The van der Waals surface area contributed by atoms with Crippen molar-refractivity contribution in [3.8, 4) is 23.0 Å². The third-order valence-electron chi connectivity index (χ3n) is 3.99. The van der Waals surface area contributed by atoms with Gasteiger partial charge in [-0.1, -0.05) is 12.1 Å². The van der Waals surface area contributed by atoms with Gasteiger partial charge in [0.15, 0.2) is 17.6 Å². The summed E-state index contributed by atoms with van der Waals surface area (Å²) in [6.45, 7) is 3.60. The predicted molar refractivity (Wildman–Crippen MR) is 99.2 cm³/mol. The van der Waals surface area contributed by atoms with Gasteiger partial charge >= 0.3 is 0 Å². The third kappa shape index (κ3) is 4.81. The molecular formula is C20H25NO5. The maximum atomic E-state index is 12.4. The van der Waals surface area contributed by atoms with Crippen molar-refractivity contribution in [2.24, 2.45) is 0 Å². The second kappa shape index (κ2) is 8.99. The molecular weight excluding hydrogens is 334 g/mol. The highest BCUT2D eigenvalue weighted by Gasteiger charge is 2.19. The zero-order valence-electron chi connectivity index (χ0n) is 15.7. The van der Waals surface area contributed by atoms with Crippen LogP contribution in [0.15, 0.2) is 42.5 Å². The van der Waals surface area contributed by atoms with Crippen LogP contribution < -0.4 is 24.3 Å². The Bertz CT molecular complexity index is 747. The van der Waals surface area contributed by atoms with Crippen molar-refractivity contribution in [1.82, 2.24) is 5.32 Å². The van der Waals surface area contributed by atoms with E-state index < -0.39 is 6.10 Å². The van der Waals surface area contributed by atoms with Crippen LogP contribution in [0.1, 0.15) is 25.5 Å². The maximum Gasteiger partial charge on any atom is 0.261 e. The second-order valence-corrected chi connectivity index (χ2v) is 5.78. The lowest BCUT2D eigenvalue weighted by molar-refractivity contribution is -0.127. The van der Waals surface area contributed by atoms with Crippen LogP contribution in [0.25, 0.3) is 0 Å². The molecule has 6 nitrogen and oxygen atoms in total. The quantitative estimate of drug-likeness (QED) is 0.783. The van der Waals surface area contributed by atoms with Gasteiger partial charge in [0.25, 0.3) is 5.91 Å². The van der Waals surface area contributed by atoms with E-state index in [1.165, 1.54) is 0 Å². The lowest BCUT2D eigenvalue weighted by Crippen LogP contribution is -2.37. The molecule has 0 unspecified atom stereocenters. The van der Waals surface area contributed by atoms with Crippen LogP contribution in [0.3, 0.4) is 0 Å². The second-order valence-electron chi connectivity index (χ2n) is 5.78. The molecule has 0 saturated heterocycles. The minimum Gasteiger partial charge on any atom is -0.497 e. The van der Waals surface area contributed by atoms with E-state index in [-0.39, 0.29) is 11.9 Å². The molecule has 0 aliphatic heterocycles. The summed E-state index contributed by atoms with van der Waals surface area (Å²) in [5.74, 6) is 2.30. The van der Waals surface area contributed by atoms with E-state index in [0.717, 1.165) is 5.56 Å². The minimum atomic E-state index is -0.648. The molecule has 6 heteroatoms. The lowest BCUT2D eigenvalue weighted by atomic mass is 10.1. The number of hydrogen-bond acceptors (Lipinski definition) is 5. The van der Waals surface area contributed by atoms with Crippen LogP contribution in [0.5, 0.6) is 23.0 Å². The van der Waals surface area contributed by atoms with Gasteiger partial charge in [-0.25, -0.2) is 0 Å². The van der Waals surface area contributed by atoms with Crippen molar-refractivity contribution in [2.75, 3.05) is 21.3 Å². The molecule has 0 aliphatic carbocycles. The number of benzene rings is 2. The van der Waals surface area contributed by atoms with E-state index in [1.54, 1.807) is 40.4 Å². The highest BCUT2D eigenvalue weighted by molar-refractivity contribution is 5.81. The van der Waals surface area contributed by atoms with E-state index >= 15 is 0 Å². The molecule has 1 amide bonds. The standard InChI is InChI=1S/C20H25NO5/c1-13(15-9-10-18(24-4)19(11-15)25-5)21-20(22)14(2)26-17-8-6-7-16(12-17)23-3/h6-14H,1-5H3,(H,21,22)/t13-,14+/m0/s1. The normalized spacial score (nSPS) is 12.7. The van der Waals surface area contributed by atoms with Gasteiger partial charge in [0.2, 0.25) is 0 Å². The van der Waals surface area contributed by atoms with Crippen LogP contribution in [0, 0.1) is 0 Å². The molecule has 0 aliphatic rings. The Morgan fingerprint density at radius 2 is 1.58 bits per heavy atom. The number of carbonyl (C=O) groups excluding carboxylic acids is 1. The average Bonchev–Trinajstić information content (AvgIpc) is 2.67. The van der Waals surface area contributed by atoms with E-state index in [9.17, 15) is 4.79 Å². The number of carbonyl (C=O) groups is 1. The van der Waals surface area contributed by atoms with E-state index in [4.69, 9.17) is 18.9 Å². The molecule has 26 heavy (non-hydrogen) atoms. The fourth-order valence-electron chi connectivity index (χ4n) is 2.47. The fraction of sp³-hybridized carbons (Fsp3) is 0.350. The first kappa shape index (κ1) is 19.4. The van der Waals surface area contributed by atoms with Crippen molar-refractivity contribution in [3.63, 3.8) is 0 Å². The van der Waals surface area contributed by atoms with Crippen molar-refractivity contribution in [3.05, 3.63) is 48.0 Å². The Morgan fingerprint density at radius 1 is 0.885 bits per heavy atom. The SMILES string of the molecule is COc1cccc(O[C@H](C)C(=O)N[C@@H](C)c2ccc(OC)c(OC)c2)c1. The zero-order valence-corrected chi connectivity index (χ0v) is 15.7.